The Kier molecular flexibility index (Phi) is 4.54. The molecule has 1 N–H and O–H groups in total. The Morgan fingerprint density at radius 2 is 1.61 bits per heavy atom. The Hall–Kier alpha value is -3.03. The standard InChI is InChI=1S/C15H14FN3O4/c1-9-3-5-11(6-4-9)10(2)17-13-7-12(16)14(18(20)21)8-15(13)19(22)23/h3-8,10,17H,1-2H3/t10-/m0/s1. The van der Waals surface area contributed by atoms with Crippen LogP contribution in [0.5, 0.6) is 0 Å². The van der Waals surface area contributed by atoms with Gasteiger partial charge in [-0.15, -0.1) is 0 Å². The van der Waals surface area contributed by atoms with Gasteiger partial charge < -0.3 is 5.32 Å². The van der Waals surface area contributed by atoms with Crippen LogP contribution in [-0.4, -0.2) is 9.85 Å². The fourth-order valence-corrected chi connectivity index (χ4v) is 2.13. The quantitative estimate of drug-likeness (QED) is 0.660. The summed E-state index contributed by atoms with van der Waals surface area (Å²) in [5, 5.41) is 24.6. The van der Waals surface area contributed by atoms with Crippen molar-refractivity contribution in [1.82, 2.24) is 0 Å². The van der Waals surface area contributed by atoms with Crippen LogP contribution < -0.4 is 5.32 Å². The van der Waals surface area contributed by atoms with Crippen LogP contribution >= 0.6 is 0 Å². The molecule has 0 aliphatic carbocycles. The molecule has 0 saturated carbocycles. The van der Waals surface area contributed by atoms with Gasteiger partial charge in [0, 0.05) is 12.1 Å². The van der Waals surface area contributed by atoms with Crippen molar-refractivity contribution in [3.05, 3.63) is 73.6 Å². The number of nitro benzene ring substituents is 2. The number of benzene rings is 2. The average Bonchev–Trinajstić information content (AvgIpc) is 2.47. The van der Waals surface area contributed by atoms with Crippen LogP contribution in [0.1, 0.15) is 24.1 Å². The van der Waals surface area contributed by atoms with Crippen LogP contribution in [0, 0.1) is 33.0 Å². The highest BCUT2D eigenvalue weighted by molar-refractivity contribution is 5.66. The first-order valence-electron chi connectivity index (χ1n) is 6.75. The van der Waals surface area contributed by atoms with Gasteiger partial charge in [-0.2, -0.15) is 4.39 Å². The number of nitrogens with zero attached hydrogens (tertiary/aromatic N) is 2. The van der Waals surface area contributed by atoms with Crippen LogP contribution in [0.2, 0.25) is 0 Å². The molecule has 0 fully saturated rings. The smallest absolute Gasteiger partial charge is 0.311 e. The minimum atomic E-state index is -1.13. The third-order valence-electron chi connectivity index (χ3n) is 3.41. The van der Waals surface area contributed by atoms with E-state index in [9.17, 15) is 24.6 Å². The van der Waals surface area contributed by atoms with E-state index in [1.807, 2.05) is 31.2 Å². The number of hydrogen-bond donors (Lipinski definition) is 1. The van der Waals surface area contributed by atoms with Gasteiger partial charge >= 0.3 is 5.69 Å². The molecule has 0 bridgehead atoms. The molecule has 0 amide bonds. The lowest BCUT2D eigenvalue weighted by molar-refractivity contribution is -0.395. The maximum atomic E-state index is 13.7. The minimum Gasteiger partial charge on any atom is -0.373 e. The first-order valence-corrected chi connectivity index (χ1v) is 6.75. The first kappa shape index (κ1) is 16.3. The second-order valence-corrected chi connectivity index (χ2v) is 5.11. The Balaban J connectivity index is 2.38. The van der Waals surface area contributed by atoms with Gasteiger partial charge in [-0.05, 0) is 19.4 Å². The molecule has 7 nitrogen and oxygen atoms in total. The van der Waals surface area contributed by atoms with Crippen molar-refractivity contribution in [1.29, 1.82) is 0 Å². The molecule has 0 spiro atoms. The van der Waals surface area contributed by atoms with E-state index >= 15 is 0 Å². The summed E-state index contributed by atoms with van der Waals surface area (Å²) in [5.41, 5.74) is 0.338. The number of nitrogens with one attached hydrogen (secondary N) is 1. The summed E-state index contributed by atoms with van der Waals surface area (Å²) in [6, 6.07) is 8.54. The zero-order chi connectivity index (χ0) is 17.1. The summed E-state index contributed by atoms with van der Waals surface area (Å²) in [5.74, 6) is -1.13. The molecule has 1 atom stereocenters. The SMILES string of the molecule is Cc1ccc([C@H](C)Nc2cc(F)c([N+](=O)[O-])cc2[N+](=O)[O-])cc1. The van der Waals surface area contributed by atoms with E-state index < -0.39 is 27.0 Å². The van der Waals surface area contributed by atoms with Gasteiger partial charge in [-0.25, -0.2) is 0 Å². The molecule has 23 heavy (non-hydrogen) atoms. The number of hydrogen-bond acceptors (Lipinski definition) is 5. The molecule has 120 valence electrons. The molecule has 2 aromatic carbocycles. The molecular formula is C15H14FN3O4. The van der Waals surface area contributed by atoms with Gasteiger partial charge in [0.25, 0.3) is 5.69 Å². The normalized spacial score (nSPS) is 11.8. The summed E-state index contributed by atoms with van der Waals surface area (Å²) >= 11 is 0. The molecular weight excluding hydrogens is 305 g/mol. The largest absolute Gasteiger partial charge is 0.373 e. The Morgan fingerprint density at radius 1 is 1.04 bits per heavy atom. The van der Waals surface area contributed by atoms with Crippen molar-refractivity contribution < 1.29 is 14.2 Å². The van der Waals surface area contributed by atoms with Gasteiger partial charge in [0.05, 0.1) is 15.9 Å². The van der Waals surface area contributed by atoms with Crippen LogP contribution in [0.4, 0.5) is 21.5 Å². The maximum absolute atomic E-state index is 13.7. The predicted octanol–water partition coefficient (Wildman–Crippen LogP) is 4.12. The molecule has 0 saturated heterocycles. The van der Waals surface area contributed by atoms with E-state index in [1.54, 1.807) is 6.92 Å². The lowest BCUT2D eigenvalue weighted by Gasteiger charge is -2.16. The highest BCUT2D eigenvalue weighted by Crippen LogP contribution is 2.33. The van der Waals surface area contributed by atoms with Crippen molar-refractivity contribution in [2.75, 3.05) is 5.32 Å². The van der Waals surface area contributed by atoms with E-state index in [1.165, 1.54) is 0 Å². The van der Waals surface area contributed by atoms with Crippen LogP contribution in [-0.2, 0) is 0 Å². The maximum Gasteiger partial charge on any atom is 0.311 e. The Labute approximate surface area is 131 Å². The number of halogens is 1. The van der Waals surface area contributed by atoms with Crippen molar-refractivity contribution in [2.24, 2.45) is 0 Å². The van der Waals surface area contributed by atoms with Crippen molar-refractivity contribution in [3.63, 3.8) is 0 Å². The van der Waals surface area contributed by atoms with E-state index in [0.29, 0.717) is 6.07 Å². The minimum absolute atomic E-state index is 0.105. The number of anilines is 1. The molecule has 0 aromatic heterocycles. The third-order valence-corrected chi connectivity index (χ3v) is 3.41. The second kappa shape index (κ2) is 6.39. The Morgan fingerprint density at radius 3 is 2.13 bits per heavy atom. The lowest BCUT2D eigenvalue weighted by atomic mass is 10.1. The van der Waals surface area contributed by atoms with E-state index in [4.69, 9.17) is 0 Å². The lowest BCUT2D eigenvalue weighted by Crippen LogP contribution is -2.09. The topological polar surface area (TPSA) is 98.3 Å². The van der Waals surface area contributed by atoms with E-state index in [-0.39, 0.29) is 11.7 Å². The van der Waals surface area contributed by atoms with Crippen LogP contribution in [0.25, 0.3) is 0 Å². The summed E-state index contributed by atoms with van der Waals surface area (Å²) in [6.45, 7) is 3.69. The summed E-state index contributed by atoms with van der Waals surface area (Å²) < 4.78 is 13.7. The van der Waals surface area contributed by atoms with Gasteiger partial charge in [-0.3, -0.25) is 20.2 Å². The van der Waals surface area contributed by atoms with E-state index in [2.05, 4.69) is 5.32 Å². The van der Waals surface area contributed by atoms with Crippen molar-refractivity contribution in [2.45, 2.75) is 19.9 Å². The highest BCUT2D eigenvalue weighted by atomic mass is 19.1. The number of aryl methyl sites for hydroxylation is 1. The summed E-state index contributed by atoms with van der Waals surface area (Å²) in [6.07, 6.45) is 0. The van der Waals surface area contributed by atoms with Gasteiger partial charge in [0.1, 0.15) is 5.69 Å². The molecule has 2 rings (SSSR count). The number of rotatable bonds is 5. The highest BCUT2D eigenvalue weighted by Gasteiger charge is 2.25. The molecule has 2 aromatic rings. The monoisotopic (exact) mass is 319 g/mol. The van der Waals surface area contributed by atoms with Crippen LogP contribution in [0.15, 0.2) is 36.4 Å². The fraction of sp³-hybridized carbons (Fsp3) is 0.200. The van der Waals surface area contributed by atoms with Crippen molar-refractivity contribution in [3.8, 4) is 0 Å². The molecule has 8 heteroatoms. The first-order chi connectivity index (χ1) is 10.8. The van der Waals surface area contributed by atoms with Gasteiger partial charge in [0.15, 0.2) is 0 Å². The zero-order valence-corrected chi connectivity index (χ0v) is 12.4. The van der Waals surface area contributed by atoms with Crippen LogP contribution in [0.3, 0.4) is 0 Å². The van der Waals surface area contributed by atoms with E-state index in [0.717, 1.165) is 17.2 Å². The predicted molar refractivity (Wildman–Crippen MR) is 82.9 cm³/mol. The molecule has 0 aliphatic rings. The molecule has 0 aliphatic heterocycles. The molecule has 0 heterocycles. The average molecular weight is 319 g/mol. The zero-order valence-electron chi connectivity index (χ0n) is 12.4. The number of nitro groups is 2. The van der Waals surface area contributed by atoms with Gasteiger partial charge in [0.2, 0.25) is 5.82 Å². The van der Waals surface area contributed by atoms with Crippen molar-refractivity contribution >= 4 is 17.1 Å². The molecule has 0 radical (unpaired) electrons. The Bertz CT molecular complexity index is 762. The second-order valence-electron chi connectivity index (χ2n) is 5.11. The van der Waals surface area contributed by atoms with Gasteiger partial charge in [-0.1, -0.05) is 29.8 Å². The summed E-state index contributed by atoms with van der Waals surface area (Å²) in [4.78, 5) is 20.0. The fourth-order valence-electron chi connectivity index (χ4n) is 2.13. The third kappa shape index (κ3) is 3.60. The summed E-state index contributed by atoms with van der Waals surface area (Å²) in [7, 11) is 0. The molecule has 0 unspecified atom stereocenters.